The lowest BCUT2D eigenvalue weighted by molar-refractivity contribution is -0.137. The number of carbonyl (C=O) groups excluding carboxylic acids is 1. The second kappa shape index (κ2) is 4.23. The second-order valence-electron chi connectivity index (χ2n) is 2.40. The van der Waals surface area contributed by atoms with Crippen molar-refractivity contribution in [3.63, 3.8) is 0 Å². The third kappa shape index (κ3) is 2.70. The molecular formula is C9H8ClFO2. The van der Waals surface area contributed by atoms with Crippen molar-refractivity contribution in [2.45, 2.75) is 0 Å². The van der Waals surface area contributed by atoms with Crippen LogP contribution in [0.3, 0.4) is 0 Å². The van der Waals surface area contributed by atoms with Crippen molar-refractivity contribution in [2.75, 3.05) is 13.0 Å². The van der Waals surface area contributed by atoms with Gasteiger partial charge in [-0.15, -0.1) is 11.6 Å². The summed E-state index contributed by atoms with van der Waals surface area (Å²) in [6.07, 6.45) is 0. The molecule has 70 valence electrons. The largest absolute Gasteiger partial charge is 0.468 e. The molecule has 0 saturated heterocycles. The van der Waals surface area contributed by atoms with Gasteiger partial charge in [0.2, 0.25) is 0 Å². The normalized spacial score (nSPS) is 9.77. The lowest BCUT2D eigenvalue weighted by Crippen LogP contribution is -1.99. The van der Waals surface area contributed by atoms with E-state index in [1.54, 1.807) is 6.07 Å². The highest BCUT2D eigenvalue weighted by atomic mass is 35.5. The number of fused-ring (bicyclic) bond motifs is 1. The van der Waals surface area contributed by atoms with Gasteiger partial charge in [0.15, 0.2) is 0 Å². The average Bonchev–Trinajstić information content (AvgIpc) is 2.86. The summed E-state index contributed by atoms with van der Waals surface area (Å²) in [6.45, 7) is 0. The predicted molar refractivity (Wildman–Crippen MR) is 48.1 cm³/mol. The van der Waals surface area contributed by atoms with Crippen molar-refractivity contribution in [3.8, 4) is 11.1 Å². The zero-order valence-electron chi connectivity index (χ0n) is 7.01. The third-order valence-electron chi connectivity index (χ3n) is 1.53. The number of benzene rings is 1. The Balaban J connectivity index is 0.000000133. The highest BCUT2D eigenvalue weighted by Crippen LogP contribution is 2.36. The van der Waals surface area contributed by atoms with E-state index in [0.29, 0.717) is 0 Å². The first-order chi connectivity index (χ1) is 6.19. The molecule has 0 aromatic heterocycles. The van der Waals surface area contributed by atoms with Crippen LogP contribution in [-0.2, 0) is 9.53 Å². The van der Waals surface area contributed by atoms with E-state index in [1.165, 1.54) is 13.2 Å². The molecule has 0 aliphatic heterocycles. The summed E-state index contributed by atoms with van der Waals surface area (Å²) in [4.78, 5) is 9.83. The van der Waals surface area contributed by atoms with E-state index in [2.05, 4.69) is 4.74 Å². The Hall–Kier alpha value is -1.09. The van der Waals surface area contributed by atoms with E-state index >= 15 is 0 Å². The van der Waals surface area contributed by atoms with E-state index in [0.717, 1.165) is 11.1 Å². The molecule has 0 radical (unpaired) electrons. The van der Waals surface area contributed by atoms with Crippen LogP contribution in [0.25, 0.3) is 11.1 Å². The first kappa shape index (κ1) is 9.99. The summed E-state index contributed by atoms with van der Waals surface area (Å²) in [6, 6.07) is 5.10. The number of hydrogen-bond donors (Lipinski definition) is 0. The highest BCUT2D eigenvalue weighted by molar-refractivity contribution is 6.26. The van der Waals surface area contributed by atoms with Crippen LogP contribution in [0.4, 0.5) is 4.39 Å². The lowest BCUT2D eigenvalue weighted by atomic mass is 10.5. The smallest absolute Gasteiger partial charge is 0.320 e. The van der Waals surface area contributed by atoms with E-state index in [1.807, 2.05) is 6.07 Å². The standard InChI is InChI=1S/C6H3F.C3H5ClO2/c7-6-2-1-4-3-5(4)6;1-6-3(5)2-4/h1-3H;2H2,1H3. The van der Waals surface area contributed by atoms with Crippen LogP contribution in [0.15, 0.2) is 18.2 Å². The average molecular weight is 203 g/mol. The molecule has 0 fully saturated rings. The second-order valence-corrected chi connectivity index (χ2v) is 2.67. The maximum absolute atomic E-state index is 12.1. The van der Waals surface area contributed by atoms with Gasteiger partial charge in [0, 0.05) is 5.56 Å². The van der Waals surface area contributed by atoms with Crippen molar-refractivity contribution < 1.29 is 13.9 Å². The molecule has 4 heteroatoms. The Labute approximate surface area is 80.3 Å². The molecule has 0 aromatic rings. The molecule has 13 heavy (non-hydrogen) atoms. The Morgan fingerprint density at radius 1 is 1.62 bits per heavy atom. The van der Waals surface area contributed by atoms with E-state index in [4.69, 9.17) is 11.6 Å². The minimum Gasteiger partial charge on any atom is -0.468 e. The zero-order valence-corrected chi connectivity index (χ0v) is 7.77. The first-order valence-electron chi connectivity index (χ1n) is 3.61. The van der Waals surface area contributed by atoms with Crippen LogP contribution < -0.4 is 0 Å². The predicted octanol–water partition coefficient (Wildman–Crippen LogP) is 2.20. The summed E-state index contributed by atoms with van der Waals surface area (Å²) in [5, 5.41) is 0. The highest BCUT2D eigenvalue weighted by Gasteiger charge is 2.15. The molecule has 0 bridgehead atoms. The van der Waals surface area contributed by atoms with Gasteiger partial charge in [-0.3, -0.25) is 4.79 Å². The number of methoxy groups -OCH3 is 1. The fourth-order valence-electron chi connectivity index (χ4n) is 0.771. The summed E-state index contributed by atoms with van der Waals surface area (Å²) < 4.78 is 16.2. The van der Waals surface area contributed by atoms with Gasteiger partial charge in [0.05, 0.1) is 7.11 Å². The maximum Gasteiger partial charge on any atom is 0.320 e. The number of rotatable bonds is 1. The summed E-state index contributed by atoms with van der Waals surface area (Å²) in [5.74, 6) is -0.525. The molecule has 0 atom stereocenters. The maximum atomic E-state index is 12.1. The molecule has 0 spiro atoms. The Morgan fingerprint density at radius 2 is 2.31 bits per heavy atom. The molecule has 0 aromatic carbocycles. The first-order valence-corrected chi connectivity index (χ1v) is 4.15. The molecule has 2 aliphatic rings. The number of esters is 1. The molecule has 0 N–H and O–H groups in total. The fourth-order valence-corrected chi connectivity index (χ4v) is 0.881. The van der Waals surface area contributed by atoms with Crippen LogP contribution in [0.1, 0.15) is 0 Å². The van der Waals surface area contributed by atoms with Gasteiger partial charge >= 0.3 is 5.97 Å². The third-order valence-corrected chi connectivity index (χ3v) is 1.75. The monoisotopic (exact) mass is 202 g/mol. The van der Waals surface area contributed by atoms with Crippen LogP contribution in [0.5, 0.6) is 0 Å². The number of ether oxygens (including phenoxy) is 1. The van der Waals surface area contributed by atoms with Crippen LogP contribution in [-0.4, -0.2) is 19.0 Å². The quantitative estimate of drug-likeness (QED) is 0.524. The van der Waals surface area contributed by atoms with Crippen molar-refractivity contribution >= 4 is 17.6 Å². The minimum atomic E-state index is -0.392. The number of halogens is 2. The van der Waals surface area contributed by atoms with E-state index in [-0.39, 0.29) is 11.7 Å². The van der Waals surface area contributed by atoms with Gasteiger partial charge in [-0.25, -0.2) is 4.39 Å². The van der Waals surface area contributed by atoms with Gasteiger partial charge in [0.25, 0.3) is 0 Å². The van der Waals surface area contributed by atoms with Gasteiger partial charge < -0.3 is 4.74 Å². The van der Waals surface area contributed by atoms with Gasteiger partial charge in [-0.1, -0.05) is 6.07 Å². The van der Waals surface area contributed by atoms with Crippen LogP contribution in [0, 0.1) is 5.82 Å². The molecule has 2 aliphatic carbocycles. The van der Waals surface area contributed by atoms with Gasteiger partial charge in [-0.05, 0) is 17.7 Å². The van der Waals surface area contributed by atoms with Crippen molar-refractivity contribution in [1.82, 2.24) is 0 Å². The topological polar surface area (TPSA) is 26.3 Å². The molecular weight excluding hydrogens is 195 g/mol. The molecule has 0 amide bonds. The van der Waals surface area contributed by atoms with Crippen molar-refractivity contribution in [1.29, 1.82) is 0 Å². The Bertz CT molecular complexity index is 319. The van der Waals surface area contributed by atoms with Crippen LogP contribution >= 0.6 is 11.6 Å². The SMILES string of the molecule is COC(=O)CCl.Fc1ccc2cc1-2. The minimum absolute atomic E-state index is 0.0590. The summed E-state index contributed by atoms with van der Waals surface area (Å²) >= 11 is 4.98. The molecule has 2 rings (SSSR count). The summed E-state index contributed by atoms with van der Waals surface area (Å²) in [7, 11) is 1.30. The molecule has 0 saturated carbocycles. The fraction of sp³-hybridized carbons (Fsp3) is 0.222. The van der Waals surface area contributed by atoms with Crippen LogP contribution in [0.2, 0.25) is 0 Å². The lowest BCUT2D eigenvalue weighted by Gasteiger charge is -1.85. The molecule has 0 unspecified atom stereocenters. The zero-order chi connectivity index (χ0) is 9.84. The number of carbonyl (C=O) groups is 1. The Kier molecular flexibility index (Phi) is 3.25. The van der Waals surface area contributed by atoms with Gasteiger partial charge in [0.1, 0.15) is 11.7 Å². The van der Waals surface area contributed by atoms with E-state index in [9.17, 15) is 9.18 Å². The molecule has 2 nitrogen and oxygen atoms in total. The summed E-state index contributed by atoms with van der Waals surface area (Å²) in [5.41, 5.74) is 1.87. The van der Waals surface area contributed by atoms with Crippen molar-refractivity contribution in [2.24, 2.45) is 0 Å². The van der Waals surface area contributed by atoms with Crippen molar-refractivity contribution in [3.05, 3.63) is 24.0 Å². The van der Waals surface area contributed by atoms with Gasteiger partial charge in [-0.2, -0.15) is 0 Å². The van der Waals surface area contributed by atoms with E-state index < -0.39 is 5.97 Å². The number of hydrogen-bond acceptors (Lipinski definition) is 2. The molecule has 0 heterocycles. The number of alkyl halides is 1. The Morgan fingerprint density at radius 3 is 2.38 bits per heavy atom.